The Kier molecular flexibility index (Phi) is 6.01. The van der Waals surface area contributed by atoms with Gasteiger partial charge in [0.15, 0.2) is 0 Å². The van der Waals surface area contributed by atoms with Gasteiger partial charge >= 0.3 is 0 Å². The minimum absolute atomic E-state index is 0.0892. The van der Waals surface area contributed by atoms with Crippen molar-refractivity contribution in [2.75, 3.05) is 26.5 Å². The molecule has 128 valence electrons. The zero-order chi connectivity index (χ0) is 16.9. The number of benzene rings is 1. The molecule has 0 atom stereocenters. The van der Waals surface area contributed by atoms with Crippen LogP contribution in [0.3, 0.4) is 0 Å². The number of amides is 1. The van der Waals surface area contributed by atoms with E-state index in [1.807, 2.05) is 24.3 Å². The first-order valence-corrected chi connectivity index (χ1v) is 9.62. The predicted octanol–water partition coefficient (Wildman–Crippen LogP) is 1.17. The second kappa shape index (κ2) is 7.79. The Morgan fingerprint density at radius 2 is 2.04 bits per heavy atom. The molecule has 2 rings (SSSR count). The number of rotatable bonds is 9. The Morgan fingerprint density at radius 3 is 2.65 bits per heavy atom. The summed E-state index contributed by atoms with van der Waals surface area (Å²) in [6.45, 7) is 0.755. The molecule has 0 heterocycles. The van der Waals surface area contributed by atoms with E-state index in [1.165, 1.54) is 10.6 Å². The number of sulfonamides is 1. The Morgan fingerprint density at radius 1 is 1.35 bits per heavy atom. The highest BCUT2D eigenvalue weighted by Gasteiger charge is 2.34. The van der Waals surface area contributed by atoms with Crippen molar-refractivity contribution in [3.8, 4) is 5.75 Å². The first-order chi connectivity index (χ1) is 10.9. The molecule has 0 unspecified atom stereocenters. The van der Waals surface area contributed by atoms with Gasteiger partial charge in [-0.05, 0) is 30.9 Å². The van der Waals surface area contributed by atoms with Gasteiger partial charge in [-0.2, -0.15) is 4.31 Å². The van der Waals surface area contributed by atoms with Gasteiger partial charge < -0.3 is 10.1 Å². The van der Waals surface area contributed by atoms with Gasteiger partial charge in [-0.25, -0.2) is 8.42 Å². The van der Waals surface area contributed by atoms with E-state index < -0.39 is 10.0 Å². The van der Waals surface area contributed by atoms with Crippen LogP contribution < -0.4 is 10.1 Å². The lowest BCUT2D eigenvalue weighted by atomic mass is 10.1. The number of hydrogen-bond acceptors (Lipinski definition) is 4. The second-order valence-corrected chi connectivity index (χ2v) is 7.70. The summed E-state index contributed by atoms with van der Waals surface area (Å²) < 4.78 is 30.1. The van der Waals surface area contributed by atoms with Crippen molar-refractivity contribution < 1.29 is 17.9 Å². The molecule has 1 aliphatic rings. The van der Waals surface area contributed by atoms with Crippen molar-refractivity contribution in [1.29, 1.82) is 0 Å². The van der Waals surface area contributed by atoms with Crippen LogP contribution in [0.15, 0.2) is 24.3 Å². The van der Waals surface area contributed by atoms with Gasteiger partial charge in [0, 0.05) is 25.6 Å². The molecule has 23 heavy (non-hydrogen) atoms. The van der Waals surface area contributed by atoms with E-state index in [0.717, 1.165) is 24.2 Å². The Bertz CT molecular complexity index is 641. The molecule has 1 amide bonds. The third-order valence-electron chi connectivity index (χ3n) is 3.85. The average Bonchev–Trinajstić information content (AvgIpc) is 3.31. The summed E-state index contributed by atoms with van der Waals surface area (Å²) in [5.74, 6) is 0.674. The molecule has 1 aliphatic carbocycles. The largest absolute Gasteiger partial charge is 0.496 e. The normalized spacial score (nSPS) is 14.7. The Hall–Kier alpha value is -1.60. The quantitative estimate of drug-likeness (QED) is 0.732. The summed E-state index contributed by atoms with van der Waals surface area (Å²) in [4.78, 5) is 11.9. The zero-order valence-corrected chi connectivity index (χ0v) is 14.4. The monoisotopic (exact) mass is 340 g/mol. The number of para-hydroxylation sites is 1. The van der Waals surface area contributed by atoms with Gasteiger partial charge in [-0.1, -0.05) is 18.2 Å². The van der Waals surface area contributed by atoms with Crippen molar-refractivity contribution in [2.45, 2.75) is 31.7 Å². The molecule has 0 aromatic heterocycles. The van der Waals surface area contributed by atoms with Crippen molar-refractivity contribution in [3.63, 3.8) is 0 Å². The number of ether oxygens (including phenoxy) is 1. The molecule has 0 bridgehead atoms. The molecule has 0 radical (unpaired) electrons. The zero-order valence-electron chi connectivity index (χ0n) is 13.6. The van der Waals surface area contributed by atoms with Crippen LogP contribution in [0, 0.1) is 0 Å². The number of carbonyl (C=O) groups excluding carboxylic acids is 1. The molecular formula is C16H24N2O4S. The highest BCUT2D eigenvalue weighted by atomic mass is 32.2. The predicted molar refractivity (Wildman–Crippen MR) is 88.9 cm³/mol. The fourth-order valence-corrected chi connectivity index (χ4v) is 3.70. The average molecular weight is 340 g/mol. The fourth-order valence-electron chi connectivity index (χ4n) is 2.53. The molecule has 7 heteroatoms. The van der Waals surface area contributed by atoms with Crippen molar-refractivity contribution >= 4 is 15.9 Å². The first-order valence-electron chi connectivity index (χ1n) is 7.77. The molecule has 0 aliphatic heterocycles. The minimum atomic E-state index is -3.23. The van der Waals surface area contributed by atoms with E-state index in [0.29, 0.717) is 13.0 Å². The van der Waals surface area contributed by atoms with Crippen molar-refractivity contribution in [1.82, 2.24) is 9.62 Å². The van der Waals surface area contributed by atoms with E-state index in [1.54, 1.807) is 7.11 Å². The molecule has 1 fully saturated rings. The van der Waals surface area contributed by atoms with Crippen LogP contribution in [0.1, 0.15) is 24.8 Å². The maximum atomic E-state index is 11.9. The van der Waals surface area contributed by atoms with Crippen LogP contribution in [-0.2, 0) is 21.2 Å². The molecule has 0 saturated heterocycles. The van der Waals surface area contributed by atoms with Crippen LogP contribution in [0.25, 0.3) is 0 Å². The van der Waals surface area contributed by atoms with E-state index in [-0.39, 0.29) is 24.9 Å². The van der Waals surface area contributed by atoms with Crippen LogP contribution in [-0.4, -0.2) is 51.1 Å². The second-order valence-electron chi connectivity index (χ2n) is 5.77. The van der Waals surface area contributed by atoms with Crippen molar-refractivity contribution in [3.05, 3.63) is 29.8 Å². The summed E-state index contributed by atoms with van der Waals surface area (Å²) in [6.07, 6.45) is 3.85. The van der Waals surface area contributed by atoms with Gasteiger partial charge in [0.1, 0.15) is 5.75 Å². The van der Waals surface area contributed by atoms with Gasteiger partial charge in [0.25, 0.3) is 0 Å². The van der Waals surface area contributed by atoms with Gasteiger partial charge in [0.2, 0.25) is 15.9 Å². The van der Waals surface area contributed by atoms with Crippen LogP contribution in [0.5, 0.6) is 5.75 Å². The maximum absolute atomic E-state index is 11.9. The summed E-state index contributed by atoms with van der Waals surface area (Å²) in [5.41, 5.74) is 1.03. The lowest BCUT2D eigenvalue weighted by Gasteiger charge is -2.18. The third-order valence-corrected chi connectivity index (χ3v) is 5.18. The number of methoxy groups -OCH3 is 1. The van der Waals surface area contributed by atoms with Gasteiger partial charge in [-0.3, -0.25) is 4.79 Å². The summed E-state index contributed by atoms with van der Waals surface area (Å²) >= 11 is 0. The summed E-state index contributed by atoms with van der Waals surface area (Å²) in [6, 6.07) is 7.77. The molecule has 1 aromatic carbocycles. The number of hydrogen-bond donors (Lipinski definition) is 1. The smallest absolute Gasteiger partial charge is 0.221 e. The van der Waals surface area contributed by atoms with E-state index in [9.17, 15) is 13.2 Å². The SMILES string of the molecule is COc1ccccc1CCNC(=O)CCN(C1CC1)S(C)(=O)=O. The summed E-state index contributed by atoms with van der Waals surface area (Å²) in [5, 5.41) is 2.83. The Balaban J connectivity index is 1.75. The highest BCUT2D eigenvalue weighted by molar-refractivity contribution is 7.88. The standard InChI is InChI=1S/C16H24N2O4S/c1-22-15-6-4-3-5-13(15)9-11-17-16(19)10-12-18(14-7-8-14)23(2,20)21/h3-6,14H,7-12H2,1-2H3,(H,17,19). The minimum Gasteiger partial charge on any atom is -0.496 e. The van der Waals surface area contributed by atoms with E-state index >= 15 is 0 Å². The molecule has 6 nitrogen and oxygen atoms in total. The molecular weight excluding hydrogens is 316 g/mol. The first kappa shape index (κ1) is 17.7. The van der Waals surface area contributed by atoms with E-state index in [2.05, 4.69) is 5.32 Å². The lowest BCUT2D eigenvalue weighted by molar-refractivity contribution is -0.121. The molecule has 1 N–H and O–H groups in total. The molecule has 1 saturated carbocycles. The highest BCUT2D eigenvalue weighted by Crippen LogP contribution is 2.28. The van der Waals surface area contributed by atoms with E-state index in [4.69, 9.17) is 4.74 Å². The number of nitrogens with one attached hydrogen (secondary N) is 1. The van der Waals surface area contributed by atoms with Crippen LogP contribution in [0.2, 0.25) is 0 Å². The molecule has 1 aromatic rings. The third kappa shape index (κ3) is 5.51. The van der Waals surface area contributed by atoms with Gasteiger partial charge in [-0.15, -0.1) is 0 Å². The fraction of sp³-hybridized carbons (Fsp3) is 0.562. The van der Waals surface area contributed by atoms with Crippen LogP contribution in [0.4, 0.5) is 0 Å². The van der Waals surface area contributed by atoms with Crippen LogP contribution >= 0.6 is 0 Å². The lowest BCUT2D eigenvalue weighted by Crippen LogP contribution is -2.36. The molecule has 0 spiro atoms. The maximum Gasteiger partial charge on any atom is 0.221 e. The number of nitrogens with zero attached hydrogens (tertiary/aromatic N) is 1. The summed E-state index contributed by atoms with van der Waals surface area (Å²) in [7, 11) is -1.61. The topological polar surface area (TPSA) is 75.7 Å². The Labute approximate surface area is 137 Å². The van der Waals surface area contributed by atoms with Crippen molar-refractivity contribution in [2.24, 2.45) is 0 Å². The number of carbonyl (C=O) groups is 1. The van der Waals surface area contributed by atoms with Gasteiger partial charge in [0.05, 0.1) is 13.4 Å².